The molecule has 1 aliphatic rings. The maximum absolute atomic E-state index is 13.5. The minimum absolute atomic E-state index is 0.0790. The lowest BCUT2D eigenvalue weighted by molar-refractivity contribution is -0.129. The molecule has 0 saturated carbocycles. The number of carbonyl (C=O) groups excluding carboxylic acids is 2. The van der Waals surface area contributed by atoms with E-state index in [4.69, 9.17) is 9.47 Å². The van der Waals surface area contributed by atoms with Crippen LogP contribution in [0.2, 0.25) is 0 Å². The summed E-state index contributed by atoms with van der Waals surface area (Å²) >= 11 is 0. The summed E-state index contributed by atoms with van der Waals surface area (Å²) in [4.78, 5) is 32.9. The van der Waals surface area contributed by atoms with Crippen molar-refractivity contribution in [2.45, 2.75) is 32.9 Å². The summed E-state index contributed by atoms with van der Waals surface area (Å²) in [5, 5.41) is 9.77. The molecule has 2 aromatic rings. The summed E-state index contributed by atoms with van der Waals surface area (Å²) < 4.78 is 11.5. The van der Waals surface area contributed by atoms with Gasteiger partial charge in [-0.15, -0.1) is 0 Å². The summed E-state index contributed by atoms with van der Waals surface area (Å²) in [7, 11) is 3.29. The second-order valence-electron chi connectivity index (χ2n) is 8.55. The summed E-state index contributed by atoms with van der Waals surface area (Å²) in [5.41, 5.74) is 1.54. The molecular formula is C26H31N3O5. The number of benzene rings is 1. The number of nitrogens with zero attached hydrogens (tertiary/aromatic N) is 3. The van der Waals surface area contributed by atoms with Gasteiger partial charge in [0.05, 0.1) is 31.9 Å². The van der Waals surface area contributed by atoms with Crippen molar-refractivity contribution in [2.75, 3.05) is 33.9 Å². The molecule has 1 aliphatic heterocycles. The Morgan fingerprint density at radius 2 is 2.12 bits per heavy atom. The van der Waals surface area contributed by atoms with E-state index in [0.717, 1.165) is 5.56 Å². The van der Waals surface area contributed by atoms with Gasteiger partial charge in [0.25, 0.3) is 5.91 Å². The Bertz CT molecular complexity index is 1110. The van der Waals surface area contributed by atoms with E-state index in [9.17, 15) is 14.7 Å². The van der Waals surface area contributed by atoms with Crippen molar-refractivity contribution in [1.82, 2.24) is 14.8 Å². The summed E-state index contributed by atoms with van der Waals surface area (Å²) in [6.45, 7) is 5.79. The number of methoxy groups -OCH3 is 1. The molecule has 0 radical (unpaired) electrons. The van der Waals surface area contributed by atoms with E-state index in [2.05, 4.69) is 16.8 Å². The fraction of sp³-hybridized carbons (Fsp3) is 0.423. The SMILES string of the molecule is COc1ccccc1C#Cc1cnc2c(c1)C(=O)N([C@H](C)CO)C[C@H](C)[C@H](CN(C)C(C)=O)O2. The van der Waals surface area contributed by atoms with Crippen molar-refractivity contribution in [3.8, 4) is 23.5 Å². The molecule has 3 rings (SSSR count). The molecule has 0 unspecified atom stereocenters. The van der Waals surface area contributed by atoms with Crippen LogP contribution < -0.4 is 9.47 Å². The number of fused-ring (bicyclic) bond motifs is 1. The van der Waals surface area contributed by atoms with Crippen LogP contribution in [-0.4, -0.2) is 77.7 Å². The standard InChI is InChI=1S/C26H31N3O5/c1-17-14-29(18(2)16-30)26(32)22-12-20(10-11-21-8-6-7-9-23(21)33-5)13-27-25(22)34-24(17)15-28(4)19(3)31/h6-9,12-13,17-18,24,30H,14-16H2,1-5H3/t17-,18+,24-/m0/s1. The maximum Gasteiger partial charge on any atom is 0.259 e. The zero-order chi connectivity index (χ0) is 24.8. The largest absolute Gasteiger partial charge is 0.495 e. The third-order valence-corrected chi connectivity index (χ3v) is 5.96. The average molecular weight is 466 g/mol. The number of pyridine rings is 1. The van der Waals surface area contributed by atoms with E-state index in [1.54, 1.807) is 43.1 Å². The molecule has 8 nitrogen and oxygen atoms in total. The average Bonchev–Trinajstić information content (AvgIpc) is 2.84. The highest BCUT2D eigenvalue weighted by Gasteiger charge is 2.34. The van der Waals surface area contributed by atoms with Crippen LogP contribution in [0.15, 0.2) is 36.5 Å². The molecule has 3 atom stereocenters. The number of ether oxygens (including phenoxy) is 2. The monoisotopic (exact) mass is 465 g/mol. The number of hydrogen-bond acceptors (Lipinski definition) is 6. The number of aliphatic hydroxyl groups excluding tert-OH is 1. The molecule has 0 fully saturated rings. The highest BCUT2D eigenvalue weighted by molar-refractivity contribution is 5.97. The van der Waals surface area contributed by atoms with Gasteiger partial charge in [-0.3, -0.25) is 9.59 Å². The minimum Gasteiger partial charge on any atom is -0.495 e. The fourth-order valence-electron chi connectivity index (χ4n) is 3.67. The van der Waals surface area contributed by atoms with E-state index >= 15 is 0 Å². The molecule has 1 aromatic heterocycles. The van der Waals surface area contributed by atoms with Crippen molar-refractivity contribution in [3.05, 3.63) is 53.2 Å². The van der Waals surface area contributed by atoms with Gasteiger partial charge in [-0.05, 0) is 25.1 Å². The van der Waals surface area contributed by atoms with Gasteiger partial charge in [0, 0.05) is 38.2 Å². The lowest BCUT2D eigenvalue weighted by Gasteiger charge is -2.37. The third-order valence-electron chi connectivity index (χ3n) is 5.96. The maximum atomic E-state index is 13.5. The van der Waals surface area contributed by atoms with Crippen LogP contribution in [0.25, 0.3) is 0 Å². The Morgan fingerprint density at radius 3 is 2.79 bits per heavy atom. The highest BCUT2D eigenvalue weighted by Crippen LogP contribution is 2.27. The number of likely N-dealkylation sites (N-methyl/N-ethyl adjacent to an activating group) is 1. The zero-order valence-electron chi connectivity index (χ0n) is 20.2. The molecule has 180 valence electrons. The van der Waals surface area contributed by atoms with Gasteiger partial charge in [-0.2, -0.15) is 0 Å². The number of para-hydroxylation sites is 1. The third kappa shape index (κ3) is 5.67. The molecule has 34 heavy (non-hydrogen) atoms. The van der Waals surface area contributed by atoms with E-state index in [1.807, 2.05) is 31.2 Å². The van der Waals surface area contributed by atoms with Gasteiger partial charge in [-0.1, -0.05) is 30.9 Å². The first kappa shape index (κ1) is 25.1. The van der Waals surface area contributed by atoms with Crippen molar-refractivity contribution in [2.24, 2.45) is 5.92 Å². The number of aliphatic hydroxyl groups is 1. The van der Waals surface area contributed by atoms with Crippen LogP contribution in [0.3, 0.4) is 0 Å². The van der Waals surface area contributed by atoms with Gasteiger partial charge in [0.15, 0.2) is 0 Å². The molecule has 8 heteroatoms. The fourth-order valence-corrected chi connectivity index (χ4v) is 3.67. The van der Waals surface area contributed by atoms with Gasteiger partial charge in [0.2, 0.25) is 11.8 Å². The highest BCUT2D eigenvalue weighted by atomic mass is 16.5. The number of hydrogen-bond donors (Lipinski definition) is 1. The first-order valence-corrected chi connectivity index (χ1v) is 11.2. The summed E-state index contributed by atoms with van der Waals surface area (Å²) in [5.74, 6) is 6.50. The Balaban J connectivity index is 2.02. The molecule has 0 spiro atoms. The minimum atomic E-state index is -0.393. The first-order chi connectivity index (χ1) is 16.2. The number of aromatic nitrogens is 1. The predicted octanol–water partition coefficient (Wildman–Crippen LogP) is 2.19. The van der Waals surface area contributed by atoms with Crippen LogP contribution in [-0.2, 0) is 4.79 Å². The van der Waals surface area contributed by atoms with Crippen LogP contribution in [0, 0.1) is 17.8 Å². The Labute approximate surface area is 200 Å². The molecule has 2 heterocycles. The van der Waals surface area contributed by atoms with Gasteiger partial charge in [0.1, 0.15) is 17.4 Å². The Hall–Kier alpha value is -3.57. The van der Waals surface area contributed by atoms with Gasteiger partial charge < -0.3 is 24.4 Å². The molecule has 1 aromatic carbocycles. The predicted molar refractivity (Wildman–Crippen MR) is 128 cm³/mol. The topological polar surface area (TPSA) is 92.2 Å². The molecular weight excluding hydrogens is 434 g/mol. The lowest BCUT2D eigenvalue weighted by atomic mass is 10.00. The molecule has 1 N–H and O–H groups in total. The van der Waals surface area contributed by atoms with Gasteiger partial charge >= 0.3 is 0 Å². The molecule has 0 aliphatic carbocycles. The second-order valence-corrected chi connectivity index (χ2v) is 8.55. The Kier molecular flexibility index (Phi) is 8.13. The van der Waals surface area contributed by atoms with E-state index < -0.39 is 6.04 Å². The van der Waals surface area contributed by atoms with Crippen molar-refractivity contribution >= 4 is 11.8 Å². The number of carbonyl (C=O) groups is 2. The summed E-state index contributed by atoms with van der Waals surface area (Å²) in [6.07, 6.45) is 1.18. The van der Waals surface area contributed by atoms with E-state index in [1.165, 1.54) is 6.92 Å². The second kappa shape index (κ2) is 11.0. The van der Waals surface area contributed by atoms with Crippen molar-refractivity contribution < 1.29 is 24.2 Å². The van der Waals surface area contributed by atoms with Crippen molar-refractivity contribution in [1.29, 1.82) is 0 Å². The zero-order valence-corrected chi connectivity index (χ0v) is 20.2. The van der Waals surface area contributed by atoms with Crippen LogP contribution in [0.5, 0.6) is 11.6 Å². The molecule has 2 amide bonds. The number of amides is 2. The van der Waals surface area contributed by atoms with E-state index in [-0.39, 0.29) is 41.9 Å². The quantitative estimate of drug-likeness (QED) is 0.681. The summed E-state index contributed by atoms with van der Waals surface area (Å²) in [6, 6.07) is 8.68. The Morgan fingerprint density at radius 1 is 1.38 bits per heavy atom. The van der Waals surface area contributed by atoms with Gasteiger partial charge in [-0.25, -0.2) is 4.98 Å². The number of rotatable bonds is 5. The van der Waals surface area contributed by atoms with E-state index in [0.29, 0.717) is 24.4 Å². The normalized spacial score (nSPS) is 18.4. The molecule has 0 saturated heterocycles. The van der Waals surface area contributed by atoms with Crippen LogP contribution in [0.4, 0.5) is 0 Å². The van der Waals surface area contributed by atoms with Crippen LogP contribution >= 0.6 is 0 Å². The first-order valence-electron chi connectivity index (χ1n) is 11.2. The smallest absolute Gasteiger partial charge is 0.259 e. The molecule has 0 bridgehead atoms. The van der Waals surface area contributed by atoms with Crippen molar-refractivity contribution in [3.63, 3.8) is 0 Å². The van der Waals surface area contributed by atoms with Crippen LogP contribution in [0.1, 0.15) is 42.3 Å². The lowest BCUT2D eigenvalue weighted by Crippen LogP contribution is -2.50.